The molecule has 4 rings (SSSR count). The molecule has 2 heterocycles. The van der Waals surface area contributed by atoms with Gasteiger partial charge in [-0.05, 0) is 75.4 Å². The lowest BCUT2D eigenvalue weighted by Gasteiger charge is -2.37. The zero-order valence-electron chi connectivity index (χ0n) is 21.7. The smallest absolute Gasteiger partial charge is 0.337 e. The molecule has 3 aromatic rings. The summed E-state index contributed by atoms with van der Waals surface area (Å²) >= 11 is 0. The molecule has 0 bridgehead atoms. The summed E-state index contributed by atoms with van der Waals surface area (Å²) in [5.41, 5.74) is 6.59. The van der Waals surface area contributed by atoms with Crippen molar-refractivity contribution in [2.45, 2.75) is 59.8 Å². The molecular formula is C28H32N2O5S. The molecule has 0 spiro atoms. The Balaban J connectivity index is 2.20. The van der Waals surface area contributed by atoms with Crippen molar-refractivity contribution < 1.29 is 23.1 Å². The van der Waals surface area contributed by atoms with Crippen molar-refractivity contribution in [3.05, 3.63) is 70.5 Å². The predicted octanol–water partition coefficient (Wildman–Crippen LogP) is 5.56. The Hall–Kier alpha value is -3.23. The second kappa shape index (κ2) is 9.01. The van der Waals surface area contributed by atoms with Gasteiger partial charge in [0.05, 0.1) is 24.1 Å². The molecule has 0 aliphatic carbocycles. The monoisotopic (exact) mass is 508 g/mol. The van der Waals surface area contributed by atoms with Crippen LogP contribution in [0.3, 0.4) is 0 Å². The molecule has 0 saturated heterocycles. The molecule has 1 aliphatic rings. The third-order valence-electron chi connectivity index (χ3n) is 6.46. The molecule has 0 radical (unpaired) electrons. The van der Waals surface area contributed by atoms with E-state index in [4.69, 9.17) is 4.74 Å². The Kier molecular flexibility index (Phi) is 6.47. The fraction of sp³-hybridized carbons (Fsp3) is 0.357. The number of nitrogens with zero attached hydrogens (tertiary/aromatic N) is 2. The maximum Gasteiger partial charge on any atom is 0.337 e. The first kappa shape index (κ1) is 25.9. The first-order chi connectivity index (χ1) is 16.7. The van der Waals surface area contributed by atoms with Gasteiger partial charge in [-0.1, -0.05) is 29.8 Å². The molecule has 0 amide bonds. The van der Waals surface area contributed by atoms with Gasteiger partial charge in [-0.15, -0.1) is 0 Å². The van der Waals surface area contributed by atoms with Crippen molar-refractivity contribution in [2.75, 3.05) is 10.6 Å². The summed E-state index contributed by atoms with van der Waals surface area (Å²) < 4.78 is 33.5. The number of anilines is 1. The number of carbonyl (C=O) groups is 1. The van der Waals surface area contributed by atoms with Crippen molar-refractivity contribution in [1.82, 2.24) is 4.98 Å². The van der Waals surface area contributed by atoms with Gasteiger partial charge in [0.25, 0.3) is 0 Å². The van der Waals surface area contributed by atoms with Crippen LogP contribution in [0.15, 0.2) is 42.7 Å². The summed E-state index contributed by atoms with van der Waals surface area (Å²) in [4.78, 5) is 17.0. The molecule has 36 heavy (non-hydrogen) atoms. The van der Waals surface area contributed by atoms with E-state index in [-0.39, 0.29) is 6.54 Å². The van der Waals surface area contributed by atoms with E-state index in [0.717, 1.165) is 38.9 Å². The minimum absolute atomic E-state index is 0.144. The number of sulfonamides is 1. The van der Waals surface area contributed by atoms with Crippen LogP contribution in [-0.4, -0.2) is 36.3 Å². The average molecular weight is 509 g/mol. The Morgan fingerprint density at radius 2 is 1.69 bits per heavy atom. The number of rotatable bonds is 5. The van der Waals surface area contributed by atoms with Crippen LogP contribution in [0.5, 0.6) is 0 Å². The summed E-state index contributed by atoms with van der Waals surface area (Å²) in [7, 11) is -3.68. The third-order valence-corrected chi connectivity index (χ3v) is 7.57. The fourth-order valence-electron chi connectivity index (χ4n) is 4.96. The molecule has 1 aromatic heterocycles. The topological polar surface area (TPSA) is 96.8 Å². The van der Waals surface area contributed by atoms with Gasteiger partial charge in [0.1, 0.15) is 0 Å². The van der Waals surface area contributed by atoms with E-state index in [9.17, 15) is 18.3 Å². The van der Waals surface area contributed by atoms with E-state index in [0.29, 0.717) is 16.8 Å². The maximum atomic E-state index is 13.0. The van der Waals surface area contributed by atoms with Gasteiger partial charge < -0.3 is 9.84 Å². The van der Waals surface area contributed by atoms with Crippen LogP contribution >= 0.6 is 0 Å². The quantitative estimate of drug-likeness (QED) is 0.485. The summed E-state index contributed by atoms with van der Waals surface area (Å²) in [6.45, 7) is 11.2. The number of carboxylic acids is 1. The van der Waals surface area contributed by atoms with Gasteiger partial charge >= 0.3 is 5.97 Å². The van der Waals surface area contributed by atoms with Crippen LogP contribution < -0.4 is 4.31 Å². The molecule has 1 N–H and O–H groups in total. The van der Waals surface area contributed by atoms with E-state index in [2.05, 4.69) is 4.98 Å². The number of benzene rings is 2. The Morgan fingerprint density at radius 1 is 1.06 bits per heavy atom. The maximum absolute atomic E-state index is 13.0. The molecule has 0 fully saturated rings. The van der Waals surface area contributed by atoms with E-state index >= 15 is 0 Å². The van der Waals surface area contributed by atoms with E-state index < -0.39 is 27.7 Å². The molecule has 1 atom stereocenters. The molecule has 1 aliphatic heterocycles. The number of aryl methyl sites for hydroxylation is 1. The first-order valence-electron chi connectivity index (χ1n) is 11.8. The number of aromatic nitrogens is 1. The van der Waals surface area contributed by atoms with Crippen molar-refractivity contribution in [2.24, 2.45) is 0 Å². The number of pyridine rings is 1. The van der Waals surface area contributed by atoms with Gasteiger partial charge in [-0.3, -0.25) is 9.29 Å². The van der Waals surface area contributed by atoms with Crippen LogP contribution in [0.1, 0.15) is 54.7 Å². The van der Waals surface area contributed by atoms with Gasteiger partial charge in [-0.2, -0.15) is 0 Å². The van der Waals surface area contributed by atoms with Gasteiger partial charge in [0.15, 0.2) is 6.10 Å². The first-order valence-corrected chi connectivity index (χ1v) is 13.6. The normalized spacial score (nSPS) is 14.2. The zero-order chi connectivity index (χ0) is 26.6. The standard InChI is InChI=1S/C28H32N2O5S/c1-16-8-10-19(11-9-16)22-17(2)23-21-14-29-13-12-20(21)15-30(36(7,33)34)25(23)18(3)24(22)26(27(31)32)35-28(4,5)6/h8-14,26H,15H2,1-7H3,(H,31,32)/t26-/m0/s1. The van der Waals surface area contributed by atoms with Crippen molar-refractivity contribution in [3.8, 4) is 22.3 Å². The lowest BCUT2D eigenvalue weighted by Crippen LogP contribution is -2.34. The highest BCUT2D eigenvalue weighted by Gasteiger charge is 2.38. The Morgan fingerprint density at radius 3 is 2.25 bits per heavy atom. The number of aliphatic carboxylic acids is 1. The number of fused-ring (bicyclic) bond motifs is 3. The second-order valence-corrected chi connectivity index (χ2v) is 12.3. The SMILES string of the molecule is Cc1ccc(-c2c(C)c3c(c(C)c2[C@H](OC(C)(C)C)C(=O)O)N(S(C)(=O)=O)Cc2ccncc2-3)cc1. The highest BCUT2D eigenvalue weighted by molar-refractivity contribution is 7.92. The van der Waals surface area contributed by atoms with Gasteiger partial charge in [-0.25, -0.2) is 13.2 Å². The predicted molar refractivity (Wildman–Crippen MR) is 142 cm³/mol. The van der Waals surface area contributed by atoms with Crippen LogP contribution in [0.2, 0.25) is 0 Å². The highest BCUT2D eigenvalue weighted by atomic mass is 32.2. The fourth-order valence-corrected chi connectivity index (χ4v) is 5.89. The Bertz CT molecular complexity index is 1450. The van der Waals surface area contributed by atoms with Crippen LogP contribution in [-0.2, 0) is 26.1 Å². The lowest BCUT2D eigenvalue weighted by atomic mass is 9.80. The van der Waals surface area contributed by atoms with E-state index in [1.165, 1.54) is 10.6 Å². The van der Waals surface area contributed by atoms with Crippen LogP contribution in [0.25, 0.3) is 22.3 Å². The summed E-state index contributed by atoms with van der Waals surface area (Å²) in [5, 5.41) is 10.3. The molecule has 2 aromatic carbocycles. The third kappa shape index (κ3) is 4.63. The van der Waals surface area contributed by atoms with Crippen LogP contribution in [0.4, 0.5) is 5.69 Å². The molecule has 0 unspecified atom stereocenters. The summed E-state index contributed by atoms with van der Waals surface area (Å²) in [5.74, 6) is -1.13. The zero-order valence-corrected chi connectivity index (χ0v) is 22.5. The second-order valence-electron chi connectivity index (χ2n) is 10.4. The minimum Gasteiger partial charge on any atom is -0.479 e. The largest absolute Gasteiger partial charge is 0.479 e. The van der Waals surface area contributed by atoms with Crippen LogP contribution in [0, 0.1) is 20.8 Å². The van der Waals surface area contributed by atoms with Gasteiger partial charge in [0, 0.05) is 29.1 Å². The number of carboxylic acid groups (broad SMARTS) is 1. The van der Waals surface area contributed by atoms with Crippen molar-refractivity contribution in [1.29, 1.82) is 0 Å². The molecular weight excluding hydrogens is 476 g/mol. The molecule has 7 nitrogen and oxygen atoms in total. The van der Waals surface area contributed by atoms with Crippen molar-refractivity contribution >= 4 is 21.7 Å². The Labute approximate surface area is 212 Å². The number of hydrogen-bond donors (Lipinski definition) is 1. The van der Waals surface area contributed by atoms with Crippen molar-refractivity contribution in [3.63, 3.8) is 0 Å². The average Bonchev–Trinajstić information content (AvgIpc) is 2.78. The van der Waals surface area contributed by atoms with E-state index in [1.54, 1.807) is 40.1 Å². The van der Waals surface area contributed by atoms with E-state index in [1.807, 2.05) is 44.2 Å². The minimum atomic E-state index is -3.68. The summed E-state index contributed by atoms with van der Waals surface area (Å²) in [6.07, 6.45) is 3.27. The summed E-state index contributed by atoms with van der Waals surface area (Å²) in [6, 6.07) is 9.71. The number of ether oxygens (including phenoxy) is 1. The lowest BCUT2D eigenvalue weighted by molar-refractivity contribution is -0.160. The highest BCUT2D eigenvalue weighted by Crippen LogP contribution is 2.51. The molecule has 8 heteroatoms. The van der Waals surface area contributed by atoms with Gasteiger partial charge in [0.2, 0.25) is 10.0 Å². The number of hydrogen-bond acceptors (Lipinski definition) is 5. The molecule has 190 valence electrons. The molecule has 0 saturated carbocycles.